The van der Waals surface area contributed by atoms with Crippen molar-refractivity contribution < 1.29 is 18.3 Å². The number of nitrogens with zero attached hydrogens (tertiary/aromatic N) is 3. The summed E-state index contributed by atoms with van der Waals surface area (Å²) in [6.45, 7) is 0.886. The monoisotopic (exact) mass is 558 g/mol. The molecule has 208 valence electrons. The molecule has 0 saturated heterocycles. The number of phenolic OH excluding ortho intramolecular Hbond substituents is 1. The molecule has 1 amide bonds. The van der Waals surface area contributed by atoms with E-state index in [0.717, 1.165) is 47.5 Å². The highest BCUT2D eigenvalue weighted by Gasteiger charge is 2.17. The lowest BCUT2D eigenvalue weighted by molar-refractivity contribution is 0.0952. The molecule has 40 heavy (non-hydrogen) atoms. The second kappa shape index (κ2) is 13.8. The summed E-state index contributed by atoms with van der Waals surface area (Å²) in [5.41, 5.74) is 4.25. The Morgan fingerprint density at radius 3 is 2.42 bits per heavy atom. The van der Waals surface area contributed by atoms with Crippen molar-refractivity contribution in [3.63, 3.8) is 0 Å². The molecule has 1 heterocycles. The Morgan fingerprint density at radius 2 is 1.68 bits per heavy atom. The minimum absolute atomic E-state index is 0.177. The third-order valence-electron chi connectivity index (χ3n) is 6.46. The maximum atomic E-state index is 12.5. The van der Waals surface area contributed by atoms with Crippen LogP contribution >= 0.6 is 0 Å². The third kappa shape index (κ3) is 8.72. The molecule has 0 bridgehead atoms. The summed E-state index contributed by atoms with van der Waals surface area (Å²) in [7, 11) is -3.45. The number of hydrogen-bond acceptors (Lipinski definition) is 6. The van der Waals surface area contributed by atoms with Crippen LogP contribution in [0, 0.1) is 0 Å². The molecule has 1 aromatic heterocycles. The second-order valence-corrected chi connectivity index (χ2v) is 11.6. The van der Waals surface area contributed by atoms with E-state index in [0.29, 0.717) is 18.5 Å². The molecule has 2 N–H and O–H groups in total. The van der Waals surface area contributed by atoms with Gasteiger partial charge in [0.05, 0.1) is 11.9 Å². The number of aromatic nitrogens is 2. The summed E-state index contributed by atoms with van der Waals surface area (Å²) in [6.07, 6.45) is 5.90. The van der Waals surface area contributed by atoms with Crippen molar-refractivity contribution in [2.24, 2.45) is 0 Å². The fourth-order valence-electron chi connectivity index (χ4n) is 4.34. The Labute approximate surface area is 235 Å². The average molecular weight is 559 g/mol. The number of hydrogen-bond donors (Lipinski definition) is 2. The maximum absolute atomic E-state index is 12.5. The van der Waals surface area contributed by atoms with Gasteiger partial charge in [-0.15, -0.1) is 0 Å². The van der Waals surface area contributed by atoms with Gasteiger partial charge in [-0.05, 0) is 66.8 Å². The Hall–Kier alpha value is -4.08. The number of amides is 1. The summed E-state index contributed by atoms with van der Waals surface area (Å²) in [4.78, 5) is 21.4. The fraction of sp³-hybridized carbons (Fsp3) is 0.258. The van der Waals surface area contributed by atoms with Crippen molar-refractivity contribution in [2.75, 3.05) is 19.3 Å². The molecule has 3 aromatic carbocycles. The standard InChI is InChI=1S/C31H34N4O4S/c1-40(38,39)35(21-7-19-33-31(37)26-10-3-2-4-11-26)23-25-9-5-12-27(22-25)29-18-20-32-30(34-29)13-6-8-24-14-16-28(36)17-15-24/h2-5,9-12,14-18,20,22,36H,6-8,13,19,21,23H2,1H3,(H,33,37). The highest BCUT2D eigenvalue weighted by molar-refractivity contribution is 7.88. The predicted octanol–water partition coefficient (Wildman–Crippen LogP) is 4.61. The zero-order valence-electron chi connectivity index (χ0n) is 22.5. The van der Waals surface area contributed by atoms with E-state index in [4.69, 9.17) is 4.98 Å². The van der Waals surface area contributed by atoms with Gasteiger partial charge in [0.15, 0.2) is 0 Å². The number of carbonyl (C=O) groups excluding carboxylic acids is 1. The Bertz CT molecular complexity index is 1510. The van der Waals surface area contributed by atoms with Crippen molar-refractivity contribution in [3.05, 3.63) is 114 Å². The number of aromatic hydroxyl groups is 1. The lowest BCUT2D eigenvalue weighted by atomic mass is 10.1. The normalized spacial score (nSPS) is 11.4. The van der Waals surface area contributed by atoms with E-state index in [2.05, 4.69) is 10.3 Å². The van der Waals surface area contributed by atoms with Crippen molar-refractivity contribution in [2.45, 2.75) is 32.2 Å². The van der Waals surface area contributed by atoms with Crippen LogP contribution in [-0.4, -0.2) is 53.0 Å². The lowest BCUT2D eigenvalue weighted by Gasteiger charge is -2.20. The first kappa shape index (κ1) is 28.9. The molecule has 8 nitrogen and oxygen atoms in total. The van der Waals surface area contributed by atoms with Crippen molar-refractivity contribution in [1.29, 1.82) is 0 Å². The van der Waals surface area contributed by atoms with E-state index < -0.39 is 10.0 Å². The van der Waals surface area contributed by atoms with E-state index in [1.165, 1.54) is 10.6 Å². The number of nitrogens with one attached hydrogen (secondary N) is 1. The first-order valence-corrected chi connectivity index (χ1v) is 15.1. The summed E-state index contributed by atoms with van der Waals surface area (Å²) in [5, 5.41) is 12.3. The molecule has 0 atom stereocenters. The van der Waals surface area contributed by atoms with Gasteiger partial charge in [0, 0.05) is 43.4 Å². The number of phenols is 1. The van der Waals surface area contributed by atoms with E-state index >= 15 is 0 Å². The van der Waals surface area contributed by atoms with Crippen LogP contribution in [-0.2, 0) is 29.4 Å². The molecule has 0 spiro atoms. The van der Waals surface area contributed by atoms with Crippen LogP contribution in [0.5, 0.6) is 5.75 Å². The highest BCUT2D eigenvalue weighted by Crippen LogP contribution is 2.20. The Morgan fingerprint density at radius 1 is 0.900 bits per heavy atom. The average Bonchev–Trinajstić information content (AvgIpc) is 2.96. The molecule has 0 saturated carbocycles. The molecule has 0 aliphatic heterocycles. The lowest BCUT2D eigenvalue weighted by Crippen LogP contribution is -2.33. The molecule has 4 aromatic rings. The van der Waals surface area contributed by atoms with Crippen molar-refractivity contribution >= 4 is 15.9 Å². The Balaban J connectivity index is 1.34. The Kier molecular flexibility index (Phi) is 9.99. The van der Waals surface area contributed by atoms with Gasteiger partial charge in [0.25, 0.3) is 5.91 Å². The molecular formula is C31H34N4O4S. The fourth-order valence-corrected chi connectivity index (χ4v) is 5.18. The van der Waals surface area contributed by atoms with E-state index in [9.17, 15) is 18.3 Å². The first-order chi connectivity index (χ1) is 19.3. The van der Waals surface area contributed by atoms with Crippen molar-refractivity contribution in [1.82, 2.24) is 19.6 Å². The summed E-state index contributed by atoms with van der Waals surface area (Å²) in [6, 6.07) is 25.7. The molecule has 0 radical (unpaired) electrons. The van der Waals surface area contributed by atoms with Gasteiger partial charge >= 0.3 is 0 Å². The quantitative estimate of drug-likeness (QED) is 0.232. The minimum Gasteiger partial charge on any atom is -0.508 e. The summed E-state index contributed by atoms with van der Waals surface area (Å²) < 4.78 is 26.4. The molecule has 0 aliphatic carbocycles. The van der Waals surface area contributed by atoms with Gasteiger partial charge < -0.3 is 10.4 Å². The van der Waals surface area contributed by atoms with Gasteiger partial charge in [-0.1, -0.05) is 48.5 Å². The minimum atomic E-state index is -3.45. The van der Waals surface area contributed by atoms with Gasteiger partial charge in [-0.25, -0.2) is 18.4 Å². The number of carbonyl (C=O) groups is 1. The van der Waals surface area contributed by atoms with E-state index in [1.54, 1.807) is 42.6 Å². The van der Waals surface area contributed by atoms with Crippen LogP contribution < -0.4 is 5.32 Å². The van der Waals surface area contributed by atoms with Gasteiger partial charge in [0.1, 0.15) is 11.6 Å². The molecule has 0 fully saturated rings. The number of benzene rings is 3. The maximum Gasteiger partial charge on any atom is 0.251 e. The molecule has 0 aliphatic rings. The van der Waals surface area contributed by atoms with Crippen molar-refractivity contribution in [3.8, 4) is 17.0 Å². The summed E-state index contributed by atoms with van der Waals surface area (Å²) in [5.74, 6) is 0.828. The van der Waals surface area contributed by atoms with Crippen LogP contribution in [0.2, 0.25) is 0 Å². The zero-order chi connectivity index (χ0) is 28.4. The second-order valence-electron chi connectivity index (χ2n) is 9.65. The molecule has 0 unspecified atom stereocenters. The van der Waals surface area contributed by atoms with E-state index in [-0.39, 0.29) is 24.7 Å². The predicted molar refractivity (Wildman–Crippen MR) is 156 cm³/mol. The van der Waals surface area contributed by atoms with Crippen LogP contribution in [0.15, 0.2) is 91.1 Å². The van der Waals surface area contributed by atoms with Crippen LogP contribution in [0.4, 0.5) is 0 Å². The number of aryl methyl sites for hydroxylation is 2. The smallest absolute Gasteiger partial charge is 0.251 e. The number of sulfonamides is 1. The van der Waals surface area contributed by atoms with Crippen LogP contribution in [0.25, 0.3) is 11.3 Å². The van der Waals surface area contributed by atoms with Crippen LogP contribution in [0.1, 0.15) is 40.2 Å². The first-order valence-electron chi connectivity index (χ1n) is 13.3. The number of rotatable bonds is 13. The summed E-state index contributed by atoms with van der Waals surface area (Å²) >= 11 is 0. The SMILES string of the molecule is CS(=O)(=O)N(CCCNC(=O)c1ccccc1)Cc1cccc(-c2ccnc(CCCc3ccc(O)cc3)n2)c1. The highest BCUT2D eigenvalue weighted by atomic mass is 32.2. The molecule has 9 heteroatoms. The topological polar surface area (TPSA) is 112 Å². The molecule has 4 rings (SSSR count). The molecular weight excluding hydrogens is 524 g/mol. The van der Waals surface area contributed by atoms with Gasteiger partial charge in [-0.3, -0.25) is 4.79 Å². The third-order valence-corrected chi connectivity index (χ3v) is 7.71. The zero-order valence-corrected chi connectivity index (χ0v) is 23.3. The van der Waals surface area contributed by atoms with E-state index in [1.807, 2.05) is 48.5 Å². The largest absolute Gasteiger partial charge is 0.508 e. The van der Waals surface area contributed by atoms with Crippen LogP contribution in [0.3, 0.4) is 0 Å². The van der Waals surface area contributed by atoms with Gasteiger partial charge in [0.2, 0.25) is 10.0 Å². The van der Waals surface area contributed by atoms with Gasteiger partial charge in [-0.2, -0.15) is 4.31 Å².